The number of rotatable bonds is 5. The van der Waals surface area contributed by atoms with E-state index in [9.17, 15) is 4.79 Å². The molecule has 0 aliphatic carbocycles. The number of para-hydroxylation sites is 1. The zero-order chi connectivity index (χ0) is 20.2. The summed E-state index contributed by atoms with van der Waals surface area (Å²) in [6.45, 7) is 2.39. The molecule has 0 bridgehead atoms. The van der Waals surface area contributed by atoms with E-state index in [1.807, 2.05) is 47.0 Å². The first-order valence-corrected chi connectivity index (χ1v) is 10.2. The molecule has 0 saturated carbocycles. The van der Waals surface area contributed by atoms with Crippen molar-refractivity contribution in [1.82, 2.24) is 14.5 Å². The standard InChI is InChI=1S/C24H27N3O2/c1-26-15-13-19-21(14-16-26)25-23(20-10-6-7-11-22(20)29-2)27(24(19)28)17-12-18-8-4-3-5-9-18/h3-11H,12-17H2,1-2H3. The van der Waals surface area contributed by atoms with Gasteiger partial charge in [0.15, 0.2) is 0 Å². The molecule has 5 nitrogen and oxygen atoms in total. The molecule has 0 atom stereocenters. The molecule has 0 fully saturated rings. The van der Waals surface area contributed by atoms with Crippen LogP contribution in [-0.4, -0.2) is 41.7 Å². The summed E-state index contributed by atoms with van der Waals surface area (Å²) in [5.41, 5.74) is 3.94. The molecule has 150 valence electrons. The average Bonchev–Trinajstić information content (AvgIpc) is 2.95. The minimum Gasteiger partial charge on any atom is -0.496 e. The quantitative estimate of drug-likeness (QED) is 0.672. The van der Waals surface area contributed by atoms with Gasteiger partial charge in [0, 0.05) is 31.6 Å². The number of aromatic nitrogens is 2. The lowest BCUT2D eigenvalue weighted by Crippen LogP contribution is -2.30. The van der Waals surface area contributed by atoms with E-state index in [1.54, 1.807) is 7.11 Å². The predicted molar refractivity (Wildman–Crippen MR) is 116 cm³/mol. The van der Waals surface area contributed by atoms with Gasteiger partial charge in [0.1, 0.15) is 11.6 Å². The van der Waals surface area contributed by atoms with Crippen LogP contribution < -0.4 is 10.3 Å². The summed E-state index contributed by atoms with van der Waals surface area (Å²) in [5.74, 6) is 1.44. The van der Waals surface area contributed by atoms with E-state index in [0.29, 0.717) is 12.4 Å². The van der Waals surface area contributed by atoms with Crippen LogP contribution in [0, 0.1) is 0 Å². The number of methoxy groups -OCH3 is 1. The van der Waals surface area contributed by atoms with E-state index in [2.05, 4.69) is 24.1 Å². The van der Waals surface area contributed by atoms with Crippen molar-refractivity contribution < 1.29 is 4.74 Å². The number of aryl methyl sites for hydroxylation is 1. The van der Waals surface area contributed by atoms with Crippen LogP contribution in [0.4, 0.5) is 0 Å². The maximum Gasteiger partial charge on any atom is 0.257 e. The second kappa shape index (κ2) is 8.62. The Morgan fingerprint density at radius 2 is 1.72 bits per heavy atom. The van der Waals surface area contributed by atoms with E-state index in [0.717, 1.165) is 54.9 Å². The van der Waals surface area contributed by atoms with Gasteiger partial charge in [-0.05, 0) is 37.6 Å². The van der Waals surface area contributed by atoms with Gasteiger partial charge in [-0.15, -0.1) is 0 Å². The van der Waals surface area contributed by atoms with Crippen molar-refractivity contribution >= 4 is 0 Å². The summed E-state index contributed by atoms with van der Waals surface area (Å²) in [4.78, 5) is 20.8. The molecular formula is C24H27N3O2. The summed E-state index contributed by atoms with van der Waals surface area (Å²) >= 11 is 0. The number of nitrogens with zero attached hydrogens (tertiary/aromatic N) is 3. The molecule has 0 N–H and O–H groups in total. The van der Waals surface area contributed by atoms with E-state index in [1.165, 1.54) is 5.56 Å². The van der Waals surface area contributed by atoms with Gasteiger partial charge >= 0.3 is 0 Å². The Balaban J connectivity index is 1.83. The number of hydrogen-bond acceptors (Lipinski definition) is 4. The van der Waals surface area contributed by atoms with Crippen LogP contribution in [0.25, 0.3) is 11.4 Å². The van der Waals surface area contributed by atoms with Crippen LogP contribution in [0.15, 0.2) is 59.4 Å². The fourth-order valence-electron chi connectivity index (χ4n) is 3.94. The second-order valence-corrected chi connectivity index (χ2v) is 7.56. The molecule has 1 aromatic heterocycles. The molecule has 3 aromatic rings. The van der Waals surface area contributed by atoms with E-state index < -0.39 is 0 Å². The Kier molecular flexibility index (Phi) is 5.76. The smallest absolute Gasteiger partial charge is 0.257 e. The topological polar surface area (TPSA) is 47.4 Å². The normalized spacial score (nSPS) is 14.3. The number of hydrogen-bond donors (Lipinski definition) is 0. The molecule has 1 aliphatic heterocycles. The molecule has 29 heavy (non-hydrogen) atoms. The third-order valence-corrected chi connectivity index (χ3v) is 5.64. The Hall–Kier alpha value is -2.92. The van der Waals surface area contributed by atoms with Gasteiger partial charge in [-0.3, -0.25) is 9.36 Å². The van der Waals surface area contributed by atoms with Crippen LogP contribution in [0.3, 0.4) is 0 Å². The van der Waals surface area contributed by atoms with Crippen molar-refractivity contribution in [1.29, 1.82) is 0 Å². The van der Waals surface area contributed by atoms with Crippen molar-refractivity contribution in [2.45, 2.75) is 25.8 Å². The van der Waals surface area contributed by atoms with Gasteiger partial charge < -0.3 is 9.64 Å². The molecule has 0 spiro atoms. The fraction of sp³-hybridized carbons (Fsp3) is 0.333. The van der Waals surface area contributed by atoms with Gasteiger partial charge in [-0.2, -0.15) is 0 Å². The lowest BCUT2D eigenvalue weighted by atomic mass is 10.1. The SMILES string of the molecule is COc1ccccc1-c1nc2c(c(=O)n1CCc1ccccc1)CCN(C)CC2. The predicted octanol–water partition coefficient (Wildman–Crippen LogP) is 3.19. The minimum atomic E-state index is 0.0853. The Bertz CT molecular complexity index is 1040. The van der Waals surface area contributed by atoms with Crippen LogP contribution in [0.5, 0.6) is 5.75 Å². The summed E-state index contributed by atoms with van der Waals surface area (Å²) in [7, 11) is 3.75. The summed E-state index contributed by atoms with van der Waals surface area (Å²) < 4.78 is 7.42. The van der Waals surface area contributed by atoms with Crippen molar-refractivity contribution in [3.63, 3.8) is 0 Å². The monoisotopic (exact) mass is 389 g/mol. The largest absolute Gasteiger partial charge is 0.496 e. The van der Waals surface area contributed by atoms with Crippen LogP contribution >= 0.6 is 0 Å². The lowest BCUT2D eigenvalue weighted by Gasteiger charge is -2.18. The van der Waals surface area contributed by atoms with E-state index >= 15 is 0 Å². The maximum atomic E-state index is 13.6. The minimum absolute atomic E-state index is 0.0853. The van der Waals surface area contributed by atoms with E-state index in [-0.39, 0.29) is 5.56 Å². The first-order chi connectivity index (χ1) is 14.2. The number of ether oxygens (including phenoxy) is 1. The van der Waals surface area contributed by atoms with Crippen molar-refractivity contribution in [3.05, 3.63) is 81.8 Å². The number of fused-ring (bicyclic) bond motifs is 1. The van der Waals surface area contributed by atoms with Gasteiger partial charge in [-0.1, -0.05) is 42.5 Å². The fourth-order valence-corrected chi connectivity index (χ4v) is 3.94. The molecular weight excluding hydrogens is 362 g/mol. The molecule has 2 heterocycles. The molecule has 2 aromatic carbocycles. The molecule has 5 heteroatoms. The Labute approximate surface area is 171 Å². The number of benzene rings is 2. The molecule has 0 unspecified atom stereocenters. The highest BCUT2D eigenvalue weighted by atomic mass is 16.5. The van der Waals surface area contributed by atoms with Crippen LogP contribution in [0.2, 0.25) is 0 Å². The zero-order valence-electron chi connectivity index (χ0n) is 17.1. The summed E-state index contributed by atoms with van der Waals surface area (Å²) in [6, 6.07) is 18.1. The Morgan fingerprint density at radius 3 is 2.52 bits per heavy atom. The molecule has 1 aliphatic rings. The molecule has 4 rings (SSSR count). The van der Waals surface area contributed by atoms with Crippen molar-refractivity contribution in [2.75, 3.05) is 27.2 Å². The highest BCUT2D eigenvalue weighted by molar-refractivity contribution is 5.64. The maximum absolute atomic E-state index is 13.6. The third kappa shape index (κ3) is 4.10. The molecule has 0 saturated heterocycles. The third-order valence-electron chi connectivity index (χ3n) is 5.64. The molecule has 0 radical (unpaired) electrons. The second-order valence-electron chi connectivity index (χ2n) is 7.56. The van der Waals surface area contributed by atoms with E-state index in [4.69, 9.17) is 9.72 Å². The first-order valence-electron chi connectivity index (χ1n) is 10.2. The van der Waals surface area contributed by atoms with Crippen molar-refractivity contribution in [3.8, 4) is 17.1 Å². The summed E-state index contributed by atoms with van der Waals surface area (Å²) in [6.07, 6.45) is 2.32. The van der Waals surface area contributed by atoms with Gasteiger partial charge in [0.2, 0.25) is 0 Å². The summed E-state index contributed by atoms with van der Waals surface area (Å²) in [5, 5.41) is 0. The van der Waals surface area contributed by atoms with Gasteiger partial charge in [-0.25, -0.2) is 4.98 Å². The first kappa shape index (κ1) is 19.4. The lowest BCUT2D eigenvalue weighted by molar-refractivity contribution is 0.351. The Morgan fingerprint density at radius 1 is 1.00 bits per heavy atom. The number of likely N-dealkylation sites (N-methyl/N-ethyl adjacent to an activating group) is 1. The molecule has 0 amide bonds. The van der Waals surface area contributed by atoms with Crippen molar-refractivity contribution in [2.24, 2.45) is 0 Å². The van der Waals surface area contributed by atoms with Gasteiger partial charge in [0.25, 0.3) is 5.56 Å². The highest BCUT2D eigenvalue weighted by Crippen LogP contribution is 2.28. The van der Waals surface area contributed by atoms with Crippen LogP contribution in [-0.2, 0) is 25.8 Å². The highest BCUT2D eigenvalue weighted by Gasteiger charge is 2.22. The zero-order valence-corrected chi connectivity index (χ0v) is 17.1. The van der Waals surface area contributed by atoms with Crippen LogP contribution in [0.1, 0.15) is 16.8 Å². The average molecular weight is 389 g/mol. The van der Waals surface area contributed by atoms with Gasteiger partial charge in [0.05, 0.1) is 18.4 Å².